The van der Waals surface area contributed by atoms with Crippen LogP contribution in [-0.4, -0.2) is 22.0 Å². The Kier molecular flexibility index (Phi) is 4.74. The van der Waals surface area contributed by atoms with E-state index in [1.807, 2.05) is 12.1 Å². The summed E-state index contributed by atoms with van der Waals surface area (Å²) >= 11 is 4.36. The highest BCUT2D eigenvalue weighted by atomic mass is 79.9. The van der Waals surface area contributed by atoms with E-state index in [1.54, 1.807) is 26.0 Å². The summed E-state index contributed by atoms with van der Waals surface area (Å²) < 4.78 is 0.926. The molecule has 7 heteroatoms. The maximum atomic E-state index is 12.2. The molecule has 0 saturated carbocycles. The number of amides is 1. The van der Waals surface area contributed by atoms with Crippen molar-refractivity contribution < 1.29 is 14.7 Å². The molecule has 1 unspecified atom stereocenters. The first-order valence-corrected chi connectivity index (χ1v) is 7.76. The topological polar surface area (TPSA) is 79.3 Å². The van der Waals surface area contributed by atoms with Crippen molar-refractivity contribution in [2.45, 2.75) is 19.8 Å². The van der Waals surface area contributed by atoms with Gasteiger partial charge in [0.25, 0.3) is 0 Å². The molecular weight excluding hydrogens is 356 g/mol. The summed E-state index contributed by atoms with van der Waals surface area (Å²) in [7, 11) is 0. The Morgan fingerprint density at radius 1 is 1.33 bits per heavy atom. The first kappa shape index (κ1) is 15.7. The summed E-state index contributed by atoms with van der Waals surface area (Å²) in [5.74, 6) is -1.75. The summed E-state index contributed by atoms with van der Waals surface area (Å²) in [5.41, 5.74) is 1.12. The van der Waals surface area contributed by atoms with Crippen LogP contribution in [0.1, 0.15) is 33.2 Å². The van der Waals surface area contributed by atoms with Gasteiger partial charge >= 0.3 is 5.97 Å². The standard InChI is InChI=1S/C14H13BrN2O3S/c1-7(13-16-8(2)11(21-13)14(19)20)12(18)17-10-5-3-9(15)4-6-10/h3-7H,1-2H3,(H,17,18)(H,19,20). The van der Waals surface area contributed by atoms with Crippen LogP contribution in [0.25, 0.3) is 0 Å². The lowest BCUT2D eigenvalue weighted by Crippen LogP contribution is -2.18. The number of aromatic nitrogens is 1. The molecule has 2 rings (SSSR count). The lowest BCUT2D eigenvalue weighted by atomic mass is 10.1. The number of carboxylic acids is 1. The number of benzene rings is 1. The molecule has 0 aliphatic rings. The Labute approximate surface area is 134 Å². The van der Waals surface area contributed by atoms with Gasteiger partial charge in [-0.15, -0.1) is 11.3 Å². The second-order valence-electron chi connectivity index (χ2n) is 4.49. The number of thiazole rings is 1. The number of nitrogens with zero attached hydrogens (tertiary/aromatic N) is 1. The third kappa shape index (κ3) is 3.68. The van der Waals surface area contributed by atoms with Crippen molar-refractivity contribution in [3.63, 3.8) is 0 Å². The van der Waals surface area contributed by atoms with Crippen molar-refractivity contribution in [1.29, 1.82) is 0 Å². The first-order chi connectivity index (χ1) is 9.88. The fourth-order valence-electron chi connectivity index (χ4n) is 1.70. The van der Waals surface area contributed by atoms with Crippen LogP contribution in [0, 0.1) is 6.92 Å². The Morgan fingerprint density at radius 2 is 1.95 bits per heavy atom. The van der Waals surface area contributed by atoms with Gasteiger partial charge in [0.05, 0.1) is 11.6 Å². The molecule has 1 aromatic carbocycles. The van der Waals surface area contributed by atoms with Gasteiger partial charge in [0.2, 0.25) is 5.91 Å². The number of halogens is 1. The van der Waals surface area contributed by atoms with E-state index in [0.29, 0.717) is 16.4 Å². The molecule has 0 fully saturated rings. The molecule has 0 bridgehead atoms. The number of aromatic carboxylic acids is 1. The van der Waals surface area contributed by atoms with Crippen LogP contribution in [0.2, 0.25) is 0 Å². The van der Waals surface area contributed by atoms with Crippen molar-refractivity contribution in [3.05, 3.63) is 44.3 Å². The molecule has 0 aliphatic heterocycles. The predicted octanol–water partition coefficient (Wildman–Crippen LogP) is 3.65. The SMILES string of the molecule is Cc1nc(C(C)C(=O)Nc2ccc(Br)cc2)sc1C(=O)O. The molecule has 0 radical (unpaired) electrons. The molecular formula is C14H13BrN2O3S. The van der Waals surface area contributed by atoms with Crippen LogP contribution in [-0.2, 0) is 4.79 Å². The minimum atomic E-state index is -1.02. The fraction of sp³-hybridized carbons (Fsp3) is 0.214. The van der Waals surface area contributed by atoms with Gasteiger partial charge in [-0.2, -0.15) is 0 Å². The van der Waals surface area contributed by atoms with Crippen LogP contribution in [0.5, 0.6) is 0 Å². The largest absolute Gasteiger partial charge is 0.477 e. The summed E-state index contributed by atoms with van der Waals surface area (Å²) in [4.78, 5) is 27.6. The van der Waals surface area contributed by atoms with E-state index < -0.39 is 11.9 Å². The monoisotopic (exact) mass is 368 g/mol. The van der Waals surface area contributed by atoms with Gasteiger partial charge in [0.1, 0.15) is 9.88 Å². The quantitative estimate of drug-likeness (QED) is 0.862. The van der Waals surface area contributed by atoms with E-state index in [0.717, 1.165) is 15.8 Å². The summed E-state index contributed by atoms with van der Waals surface area (Å²) in [6.45, 7) is 3.33. The Bertz CT molecular complexity index is 682. The molecule has 2 N–H and O–H groups in total. The van der Waals surface area contributed by atoms with E-state index >= 15 is 0 Å². The summed E-state index contributed by atoms with van der Waals surface area (Å²) in [5, 5.41) is 12.3. The summed E-state index contributed by atoms with van der Waals surface area (Å²) in [6.07, 6.45) is 0. The fourth-order valence-corrected chi connectivity index (χ4v) is 2.92. The van der Waals surface area contributed by atoms with Gasteiger partial charge in [-0.3, -0.25) is 4.79 Å². The number of hydrogen-bond donors (Lipinski definition) is 2. The van der Waals surface area contributed by atoms with Crippen LogP contribution < -0.4 is 5.32 Å². The molecule has 110 valence electrons. The number of nitrogens with one attached hydrogen (secondary N) is 1. The number of carbonyl (C=O) groups is 2. The second kappa shape index (κ2) is 6.36. The third-order valence-corrected chi connectivity index (χ3v) is 4.74. The van der Waals surface area contributed by atoms with Crippen molar-refractivity contribution in [1.82, 2.24) is 4.98 Å². The van der Waals surface area contributed by atoms with Crippen molar-refractivity contribution >= 4 is 44.8 Å². The molecule has 1 aromatic heterocycles. The van der Waals surface area contributed by atoms with Crippen LogP contribution >= 0.6 is 27.3 Å². The zero-order chi connectivity index (χ0) is 15.6. The lowest BCUT2D eigenvalue weighted by Gasteiger charge is -2.09. The zero-order valence-electron chi connectivity index (χ0n) is 11.4. The van der Waals surface area contributed by atoms with Gasteiger partial charge in [-0.25, -0.2) is 9.78 Å². The van der Waals surface area contributed by atoms with Gasteiger partial charge in [0, 0.05) is 10.2 Å². The van der Waals surface area contributed by atoms with E-state index in [1.165, 1.54) is 0 Å². The number of anilines is 1. The summed E-state index contributed by atoms with van der Waals surface area (Å²) in [6, 6.07) is 7.22. The van der Waals surface area contributed by atoms with Crippen molar-refractivity contribution in [2.24, 2.45) is 0 Å². The van der Waals surface area contributed by atoms with Crippen LogP contribution in [0.15, 0.2) is 28.7 Å². The van der Waals surface area contributed by atoms with Crippen LogP contribution in [0.4, 0.5) is 5.69 Å². The molecule has 1 amide bonds. The Balaban J connectivity index is 2.13. The van der Waals surface area contributed by atoms with E-state index in [2.05, 4.69) is 26.2 Å². The van der Waals surface area contributed by atoms with Crippen molar-refractivity contribution in [2.75, 3.05) is 5.32 Å². The van der Waals surface area contributed by atoms with Crippen molar-refractivity contribution in [3.8, 4) is 0 Å². The average molecular weight is 369 g/mol. The highest BCUT2D eigenvalue weighted by Gasteiger charge is 2.22. The second-order valence-corrected chi connectivity index (χ2v) is 6.44. The number of carbonyl (C=O) groups excluding carboxylic acids is 1. The molecule has 0 spiro atoms. The van der Waals surface area contributed by atoms with E-state index in [4.69, 9.17) is 5.11 Å². The molecule has 2 aromatic rings. The Morgan fingerprint density at radius 3 is 2.48 bits per heavy atom. The van der Waals surface area contributed by atoms with Gasteiger partial charge in [-0.05, 0) is 38.1 Å². The van der Waals surface area contributed by atoms with E-state index in [-0.39, 0.29) is 10.8 Å². The lowest BCUT2D eigenvalue weighted by molar-refractivity contribution is -0.117. The van der Waals surface area contributed by atoms with Gasteiger partial charge in [0.15, 0.2) is 0 Å². The number of carboxylic acid groups (broad SMARTS) is 1. The molecule has 0 saturated heterocycles. The minimum Gasteiger partial charge on any atom is -0.477 e. The third-order valence-electron chi connectivity index (χ3n) is 2.88. The molecule has 0 aliphatic carbocycles. The molecule has 1 atom stereocenters. The zero-order valence-corrected chi connectivity index (χ0v) is 13.8. The van der Waals surface area contributed by atoms with Gasteiger partial charge in [-0.1, -0.05) is 15.9 Å². The normalized spacial score (nSPS) is 12.0. The first-order valence-electron chi connectivity index (χ1n) is 6.15. The molecule has 21 heavy (non-hydrogen) atoms. The molecule has 1 heterocycles. The predicted molar refractivity (Wildman–Crippen MR) is 85.0 cm³/mol. The highest BCUT2D eigenvalue weighted by molar-refractivity contribution is 9.10. The minimum absolute atomic E-state index is 0.174. The molecule has 5 nitrogen and oxygen atoms in total. The van der Waals surface area contributed by atoms with Gasteiger partial charge < -0.3 is 10.4 Å². The number of rotatable bonds is 4. The number of aryl methyl sites for hydroxylation is 1. The van der Waals surface area contributed by atoms with Crippen LogP contribution in [0.3, 0.4) is 0 Å². The maximum Gasteiger partial charge on any atom is 0.347 e. The Hall–Kier alpha value is -1.73. The maximum absolute atomic E-state index is 12.2. The smallest absolute Gasteiger partial charge is 0.347 e. The average Bonchev–Trinajstić information content (AvgIpc) is 2.82. The number of hydrogen-bond acceptors (Lipinski definition) is 4. The van der Waals surface area contributed by atoms with E-state index in [9.17, 15) is 9.59 Å². The highest BCUT2D eigenvalue weighted by Crippen LogP contribution is 2.26.